The zero-order chi connectivity index (χ0) is 14.0. The van der Waals surface area contributed by atoms with Gasteiger partial charge in [0.2, 0.25) is 5.89 Å². The van der Waals surface area contributed by atoms with E-state index in [1.165, 1.54) is 13.2 Å². The molecule has 0 spiro atoms. The molecule has 0 amide bonds. The van der Waals surface area contributed by atoms with Crippen molar-refractivity contribution < 1.29 is 13.9 Å². The number of nitrogen functional groups attached to an aromatic ring is 1. The van der Waals surface area contributed by atoms with Crippen molar-refractivity contribution in [3.8, 4) is 0 Å². The molecule has 100 valence electrons. The number of aryl methyl sites for hydroxylation is 1. The first-order chi connectivity index (χ1) is 9.01. The highest BCUT2D eigenvalue weighted by atomic mass is 35.5. The van der Waals surface area contributed by atoms with E-state index in [-0.39, 0.29) is 10.8 Å². The summed E-state index contributed by atoms with van der Waals surface area (Å²) >= 11 is 7.18. The largest absolute Gasteiger partial charge is 0.465 e. The standard InChI is InChI=1S/C11H10ClN3O3S/c1-5-14-15-11(18-5)19-9-7(10(16)17-2)3-6(13)4-8(9)12/h3-4H,13H2,1-2H3. The van der Waals surface area contributed by atoms with Crippen LogP contribution in [0.25, 0.3) is 0 Å². The highest BCUT2D eigenvalue weighted by Gasteiger charge is 2.19. The van der Waals surface area contributed by atoms with Gasteiger partial charge in [0, 0.05) is 12.6 Å². The maximum atomic E-state index is 11.7. The van der Waals surface area contributed by atoms with Gasteiger partial charge in [0.25, 0.3) is 5.22 Å². The molecule has 0 aliphatic heterocycles. The van der Waals surface area contributed by atoms with E-state index < -0.39 is 5.97 Å². The Morgan fingerprint density at radius 2 is 2.21 bits per heavy atom. The third kappa shape index (κ3) is 2.99. The van der Waals surface area contributed by atoms with Crippen molar-refractivity contribution in [3.05, 3.63) is 28.6 Å². The number of methoxy groups -OCH3 is 1. The summed E-state index contributed by atoms with van der Waals surface area (Å²) in [7, 11) is 1.28. The number of esters is 1. The van der Waals surface area contributed by atoms with Gasteiger partial charge in [-0.2, -0.15) is 0 Å². The number of anilines is 1. The van der Waals surface area contributed by atoms with E-state index in [2.05, 4.69) is 10.2 Å². The summed E-state index contributed by atoms with van der Waals surface area (Å²) in [6.07, 6.45) is 0. The predicted octanol–water partition coefficient (Wildman–Crippen LogP) is 2.55. The minimum Gasteiger partial charge on any atom is -0.465 e. The van der Waals surface area contributed by atoms with Crippen molar-refractivity contribution in [1.82, 2.24) is 10.2 Å². The van der Waals surface area contributed by atoms with Crippen LogP contribution < -0.4 is 5.73 Å². The molecule has 1 heterocycles. The number of hydrogen-bond donors (Lipinski definition) is 1. The number of carbonyl (C=O) groups excluding carboxylic acids is 1. The first-order valence-corrected chi connectivity index (χ1v) is 6.36. The Morgan fingerprint density at radius 3 is 2.79 bits per heavy atom. The van der Waals surface area contributed by atoms with Gasteiger partial charge in [0.05, 0.1) is 22.6 Å². The average molecular weight is 300 g/mol. The molecule has 0 saturated carbocycles. The molecule has 2 rings (SSSR count). The van der Waals surface area contributed by atoms with Gasteiger partial charge in [0.15, 0.2) is 0 Å². The molecule has 6 nitrogen and oxygen atoms in total. The summed E-state index contributed by atoms with van der Waals surface area (Å²) in [6, 6.07) is 3.03. The number of nitrogens with two attached hydrogens (primary N) is 1. The van der Waals surface area contributed by atoms with Gasteiger partial charge in [0.1, 0.15) is 0 Å². The third-order valence-corrected chi connectivity index (χ3v) is 3.56. The van der Waals surface area contributed by atoms with Gasteiger partial charge in [-0.1, -0.05) is 11.6 Å². The van der Waals surface area contributed by atoms with Crippen LogP contribution in [0.4, 0.5) is 5.69 Å². The number of rotatable bonds is 3. The smallest absolute Gasteiger partial charge is 0.339 e. The molecule has 19 heavy (non-hydrogen) atoms. The van der Waals surface area contributed by atoms with Crippen molar-refractivity contribution in [2.45, 2.75) is 17.0 Å². The Hall–Kier alpha value is -1.73. The maximum Gasteiger partial charge on any atom is 0.339 e. The normalized spacial score (nSPS) is 10.5. The highest BCUT2D eigenvalue weighted by molar-refractivity contribution is 7.99. The summed E-state index contributed by atoms with van der Waals surface area (Å²) in [4.78, 5) is 12.2. The van der Waals surface area contributed by atoms with Crippen LogP contribution in [0.15, 0.2) is 26.7 Å². The molecular formula is C11H10ClN3O3S. The molecule has 0 aliphatic carbocycles. The second kappa shape index (κ2) is 5.50. The summed E-state index contributed by atoms with van der Waals surface area (Å²) in [5, 5.41) is 8.15. The van der Waals surface area contributed by atoms with Crippen LogP contribution in [-0.2, 0) is 4.74 Å². The number of hydrogen-bond acceptors (Lipinski definition) is 7. The van der Waals surface area contributed by atoms with Gasteiger partial charge in [-0.05, 0) is 23.9 Å². The van der Waals surface area contributed by atoms with E-state index in [9.17, 15) is 4.79 Å². The Labute approximate surface area is 118 Å². The van der Waals surface area contributed by atoms with Gasteiger partial charge in [-0.15, -0.1) is 10.2 Å². The summed E-state index contributed by atoms with van der Waals surface area (Å²) in [5.41, 5.74) is 6.29. The molecule has 0 aliphatic rings. The van der Waals surface area contributed by atoms with E-state index in [1.807, 2.05) is 0 Å². The van der Waals surface area contributed by atoms with E-state index in [4.69, 9.17) is 26.5 Å². The maximum absolute atomic E-state index is 11.7. The lowest BCUT2D eigenvalue weighted by molar-refractivity contribution is 0.0597. The van der Waals surface area contributed by atoms with Crippen LogP contribution in [0.2, 0.25) is 5.02 Å². The number of carbonyl (C=O) groups is 1. The number of benzene rings is 1. The second-order valence-electron chi connectivity index (χ2n) is 3.56. The molecule has 1 aromatic heterocycles. The van der Waals surface area contributed by atoms with E-state index in [0.717, 1.165) is 11.8 Å². The number of ether oxygens (including phenoxy) is 1. The lowest BCUT2D eigenvalue weighted by Crippen LogP contribution is -2.05. The molecule has 0 unspecified atom stereocenters. The zero-order valence-corrected chi connectivity index (χ0v) is 11.7. The fraction of sp³-hybridized carbons (Fsp3) is 0.182. The fourth-order valence-electron chi connectivity index (χ4n) is 1.39. The summed E-state index contributed by atoms with van der Waals surface area (Å²) < 4.78 is 9.94. The molecule has 0 radical (unpaired) electrons. The quantitative estimate of drug-likeness (QED) is 0.688. The van der Waals surface area contributed by atoms with E-state index >= 15 is 0 Å². The van der Waals surface area contributed by atoms with Crippen molar-refractivity contribution in [3.63, 3.8) is 0 Å². The van der Waals surface area contributed by atoms with Gasteiger partial charge < -0.3 is 14.9 Å². The lowest BCUT2D eigenvalue weighted by atomic mass is 10.2. The van der Waals surface area contributed by atoms with Crippen LogP contribution in [-0.4, -0.2) is 23.3 Å². The molecule has 0 atom stereocenters. The monoisotopic (exact) mass is 299 g/mol. The Kier molecular flexibility index (Phi) is 3.96. The zero-order valence-electron chi connectivity index (χ0n) is 10.1. The molecule has 0 bridgehead atoms. The lowest BCUT2D eigenvalue weighted by Gasteiger charge is -2.08. The fourth-order valence-corrected chi connectivity index (χ4v) is 2.56. The summed E-state index contributed by atoms with van der Waals surface area (Å²) in [5.74, 6) is -0.110. The van der Waals surface area contributed by atoms with Crippen LogP contribution in [0.5, 0.6) is 0 Å². The number of aromatic nitrogens is 2. The van der Waals surface area contributed by atoms with Crippen LogP contribution in [0.3, 0.4) is 0 Å². The van der Waals surface area contributed by atoms with E-state index in [0.29, 0.717) is 21.5 Å². The highest BCUT2D eigenvalue weighted by Crippen LogP contribution is 2.37. The topological polar surface area (TPSA) is 91.2 Å². The van der Waals surface area contributed by atoms with Crippen LogP contribution >= 0.6 is 23.4 Å². The van der Waals surface area contributed by atoms with Gasteiger partial charge in [-0.25, -0.2) is 4.79 Å². The van der Waals surface area contributed by atoms with Gasteiger partial charge >= 0.3 is 5.97 Å². The van der Waals surface area contributed by atoms with Crippen molar-refractivity contribution in [2.75, 3.05) is 12.8 Å². The predicted molar refractivity (Wildman–Crippen MR) is 70.4 cm³/mol. The Balaban J connectivity index is 2.45. The third-order valence-electron chi connectivity index (χ3n) is 2.17. The van der Waals surface area contributed by atoms with Crippen LogP contribution in [0, 0.1) is 6.92 Å². The molecule has 2 N–H and O–H groups in total. The first kappa shape index (κ1) is 13.7. The Morgan fingerprint density at radius 1 is 1.47 bits per heavy atom. The van der Waals surface area contributed by atoms with E-state index in [1.54, 1.807) is 13.0 Å². The average Bonchev–Trinajstić information content (AvgIpc) is 2.77. The SMILES string of the molecule is COC(=O)c1cc(N)cc(Cl)c1Sc1nnc(C)o1. The summed E-state index contributed by atoms with van der Waals surface area (Å²) in [6.45, 7) is 1.67. The molecule has 0 fully saturated rings. The van der Waals surface area contributed by atoms with Crippen LogP contribution in [0.1, 0.15) is 16.2 Å². The first-order valence-electron chi connectivity index (χ1n) is 5.16. The molecule has 2 aromatic rings. The number of halogens is 1. The molecule has 0 saturated heterocycles. The minimum absolute atomic E-state index is 0.258. The van der Waals surface area contributed by atoms with Crippen molar-refractivity contribution in [2.24, 2.45) is 0 Å². The number of nitrogens with zero attached hydrogens (tertiary/aromatic N) is 2. The molecule has 8 heteroatoms. The van der Waals surface area contributed by atoms with Gasteiger partial charge in [-0.3, -0.25) is 0 Å². The van der Waals surface area contributed by atoms with Crippen molar-refractivity contribution >= 4 is 35.0 Å². The minimum atomic E-state index is -0.534. The van der Waals surface area contributed by atoms with Crippen molar-refractivity contribution in [1.29, 1.82) is 0 Å². The Bertz CT molecular complexity index is 630. The molecular weight excluding hydrogens is 290 g/mol. The molecule has 1 aromatic carbocycles. The second-order valence-corrected chi connectivity index (χ2v) is 4.93.